The van der Waals surface area contributed by atoms with Crippen molar-refractivity contribution in [2.24, 2.45) is 0 Å². The predicted octanol–water partition coefficient (Wildman–Crippen LogP) is 2.77. The summed E-state index contributed by atoms with van der Waals surface area (Å²) in [5.41, 5.74) is 0. The Morgan fingerprint density at radius 3 is 2.95 bits per heavy atom. The fourth-order valence-corrected chi connectivity index (χ4v) is 2.42. The molecule has 2 heterocycles. The van der Waals surface area contributed by atoms with E-state index in [9.17, 15) is 0 Å². The van der Waals surface area contributed by atoms with Gasteiger partial charge in [0.1, 0.15) is 12.4 Å². The third-order valence-electron chi connectivity index (χ3n) is 3.06. The first-order chi connectivity index (χ1) is 9.13. The summed E-state index contributed by atoms with van der Waals surface area (Å²) in [6.07, 6.45) is 6.13. The third kappa shape index (κ3) is 5.09. The molecule has 2 atom stereocenters. The second kappa shape index (κ2) is 7.22. The first-order valence-electron chi connectivity index (χ1n) is 6.75. The van der Waals surface area contributed by atoms with Gasteiger partial charge in [0.2, 0.25) is 0 Å². The Hall–Kier alpha value is -0.650. The molecule has 4 nitrogen and oxygen atoms in total. The molecular weight excluding hydrogens is 308 g/mol. The first-order valence-corrected chi connectivity index (χ1v) is 7.55. The molecule has 1 aromatic heterocycles. The number of pyridine rings is 1. The Kier molecular flexibility index (Phi) is 5.60. The van der Waals surface area contributed by atoms with Gasteiger partial charge < -0.3 is 14.8 Å². The van der Waals surface area contributed by atoms with Gasteiger partial charge in [0, 0.05) is 23.3 Å². The van der Waals surface area contributed by atoms with Gasteiger partial charge in [-0.2, -0.15) is 0 Å². The van der Waals surface area contributed by atoms with Gasteiger partial charge in [-0.05, 0) is 34.8 Å². The van der Waals surface area contributed by atoms with Gasteiger partial charge in [-0.3, -0.25) is 4.98 Å². The minimum Gasteiger partial charge on any atom is -0.489 e. The standard InChI is InChI=1S/C14H21BrN2O2/c1-10(2)17-8-12-3-4-13(19-12)9-18-14-5-11(15)6-16-7-14/h5-7,10,12-13,17H,3-4,8-9H2,1-2H3. The van der Waals surface area contributed by atoms with Crippen molar-refractivity contribution in [3.63, 3.8) is 0 Å². The lowest BCUT2D eigenvalue weighted by molar-refractivity contribution is 0.0178. The van der Waals surface area contributed by atoms with Crippen LogP contribution in [-0.2, 0) is 4.74 Å². The summed E-state index contributed by atoms with van der Waals surface area (Å²) in [6, 6.07) is 2.42. The van der Waals surface area contributed by atoms with E-state index in [4.69, 9.17) is 9.47 Å². The molecule has 106 valence electrons. The number of hydrogen-bond donors (Lipinski definition) is 1. The molecule has 1 saturated heterocycles. The van der Waals surface area contributed by atoms with Crippen LogP contribution in [0.2, 0.25) is 0 Å². The fourth-order valence-electron chi connectivity index (χ4n) is 2.08. The number of ether oxygens (including phenoxy) is 2. The summed E-state index contributed by atoms with van der Waals surface area (Å²) < 4.78 is 12.6. The molecule has 0 aromatic carbocycles. The average Bonchev–Trinajstić information content (AvgIpc) is 2.82. The van der Waals surface area contributed by atoms with Gasteiger partial charge in [0.25, 0.3) is 0 Å². The van der Waals surface area contributed by atoms with E-state index < -0.39 is 0 Å². The maximum absolute atomic E-state index is 5.94. The SMILES string of the molecule is CC(C)NCC1CCC(COc2cncc(Br)c2)O1. The molecular formula is C14H21BrN2O2. The van der Waals surface area contributed by atoms with Crippen LogP contribution in [0, 0.1) is 0 Å². The second-order valence-corrected chi connectivity index (χ2v) is 6.09. The topological polar surface area (TPSA) is 43.4 Å². The van der Waals surface area contributed by atoms with Gasteiger partial charge in [-0.1, -0.05) is 13.8 Å². The summed E-state index contributed by atoms with van der Waals surface area (Å²) in [5, 5.41) is 3.41. The Labute approximate surface area is 123 Å². The van der Waals surface area contributed by atoms with Crippen LogP contribution < -0.4 is 10.1 Å². The summed E-state index contributed by atoms with van der Waals surface area (Å²) in [7, 11) is 0. The zero-order chi connectivity index (χ0) is 13.7. The number of nitrogens with one attached hydrogen (secondary N) is 1. The summed E-state index contributed by atoms with van der Waals surface area (Å²) in [4.78, 5) is 4.07. The fraction of sp³-hybridized carbons (Fsp3) is 0.643. The van der Waals surface area contributed by atoms with E-state index in [-0.39, 0.29) is 6.10 Å². The molecule has 0 bridgehead atoms. The van der Waals surface area contributed by atoms with Crippen molar-refractivity contribution in [3.8, 4) is 5.75 Å². The largest absolute Gasteiger partial charge is 0.489 e. The Bertz CT molecular complexity index is 401. The number of hydrogen-bond acceptors (Lipinski definition) is 4. The monoisotopic (exact) mass is 328 g/mol. The van der Waals surface area contributed by atoms with Gasteiger partial charge >= 0.3 is 0 Å². The highest BCUT2D eigenvalue weighted by molar-refractivity contribution is 9.10. The van der Waals surface area contributed by atoms with E-state index in [1.165, 1.54) is 0 Å². The summed E-state index contributed by atoms with van der Waals surface area (Å²) >= 11 is 3.38. The van der Waals surface area contributed by atoms with Crippen LogP contribution in [0.15, 0.2) is 22.9 Å². The normalized spacial score (nSPS) is 22.9. The van der Waals surface area contributed by atoms with Crippen molar-refractivity contribution in [1.29, 1.82) is 0 Å². The minimum absolute atomic E-state index is 0.193. The summed E-state index contributed by atoms with van der Waals surface area (Å²) in [6.45, 7) is 5.81. The van der Waals surface area contributed by atoms with Crippen LogP contribution in [0.3, 0.4) is 0 Å². The molecule has 1 N–H and O–H groups in total. The zero-order valence-corrected chi connectivity index (χ0v) is 13.0. The van der Waals surface area contributed by atoms with Gasteiger partial charge in [0.05, 0.1) is 18.4 Å². The number of halogens is 1. The molecule has 2 unspecified atom stereocenters. The van der Waals surface area contributed by atoms with Crippen molar-refractivity contribution in [3.05, 3.63) is 22.9 Å². The average molecular weight is 329 g/mol. The van der Waals surface area contributed by atoms with Crippen molar-refractivity contribution < 1.29 is 9.47 Å². The molecule has 0 saturated carbocycles. The molecule has 1 fully saturated rings. The molecule has 2 rings (SSSR count). The molecule has 0 radical (unpaired) electrons. The third-order valence-corrected chi connectivity index (χ3v) is 3.50. The van der Waals surface area contributed by atoms with Crippen LogP contribution in [0.4, 0.5) is 0 Å². The lowest BCUT2D eigenvalue weighted by atomic mass is 10.2. The van der Waals surface area contributed by atoms with E-state index in [0.29, 0.717) is 18.8 Å². The molecule has 1 aliphatic rings. The minimum atomic E-state index is 0.193. The van der Waals surface area contributed by atoms with E-state index >= 15 is 0 Å². The maximum Gasteiger partial charge on any atom is 0.138 e. The molecule has 0 spiro atoms. The molecule has 19 heavy (non-hydrogen) atoms. The number of nitrogens with zero attached hydrogens (tertiary/aromatic N) is 1. The van der Waals surface area contributed by atoms with Crippen molar-refractivity contribution in [2.75, 3.05) is 13.2 Å². The van der Waals surface area contributed by atoms with E-state index in [0.717, 1.165) is 29.6 Å². The highest BCUT2D eigenvalue weighted by atomic mass is 79.9. The van der Waals surface area contributed by atoms with Gasteiger partial charge in [0.15, 0.2) is 0 Å². The Morgan fingerprint density at radius 1 is 1.42 bits per heavy atom. The van der Waals surface area contributed by atoms with Crippen LogP contribution in [-0.4, -0.2) is 36.4 Å². The van der Waals surface area contributed by atoms with Crippen LogP contribution >= 0.6 is 15.9 Å². The van der Waals surface area contributed by atoms with E-state index in [2.05, 4.69) is 40.1 Å². The molecule has 5 heteroatoms. The molecule has 0 aliphatic carbocycles. The molecule has 1 aromatic rings. The Morgan fingerprint density at radius 2 is 2.21 bits per heavy atom. The van der Waals surface area contributed by atoms with Crippen molar-refractivity contribution in [2.45, 2.75) is 44.9 Å². The lowest BCUT2D eigenvalue weighted by Gasteiger charge is -2.16. The smallest absolute Gasteiger partial charge is 0.138 e. The Balaban J connectivity index is 1.70. The zero-order valence-electron chi connectivity index (χ0n) is 11.4. The number of rotatable bonds is 6. The van der Waals surface area contributed by atoms with Crippen LogP contribution in [0.5, 0.6) is 5.75 Å². The lowest BCUT2D eigenvalue weighted by Crippen LogP contribution is -2.32. The van der Waals surface area contributed by atoms with Crippen molar-refractivity contribution >= 4 is 15.9 Å². The van der Waals surface area contributed by atoms with E-state index in [1.807, 2.05) is 6.07 Å². The highest BCUT2D eigenvalue weighted by Crippen LogP contribution is 2.21. The molecule has 1 aliphatic heterocycles. The van der Waals surface area contributed by atoms with Crippen LogP contribution in [0.1, 0.15) is 26.7 Å². The second-order valence-electron chi connectivity index (χ2n) is 5.17. The highest BCUT2D eigenvalue weighted by Gasteiger charge is 2.25. The van der Waals surface area contributed by atoms with Crippen molar-refractivity contribution in [1.82, 2.24) is 10.3 Å². The first kappa shape index (κ1) is 14.8. The molecule has 0 amide bonds. The number of aromatic nitrogens is 1. The van der Waals surface area contributed by atoms with Gasteiger partial charge in [-0.15, -0.1) is 0 Å². The van der Waals surface area contributed by atoms with Gasteiger partial charge in [-0.25, -0.2) is 0 Å². The van der Waals surface area contributed by atoms with E-state index in [1.54, 1.807) is 12.4 Å². The quantitative estimate of drug-likeness (QED) is 0.872. The van der Waals surface area contributed by atoms with Crippen LogP contribution in [0.25, 0.3) is 0 Å². The maximum atomic E-state index is 5.94. The predicted molar refractivity (Wildman–Crippen MR) is 78.5 cm³/mol. The summed E-state index contributed by atoms with van der Waals surface area (Å²) in [5.74, 6) is 0.779.